The number of amides is 1. The number of nitrogens with one attached hydrogen (secondary N) is 1. The van der Waals surface area contributed by atoms with Crippen molar-refractivity contribution in [3.63, 3.8) is 0 Å². The lowest BCUT2D eigenvalue weighted by Crippen LogP contribution is -2.42. The number of H-pyrrole nitrogens is 1. The number of aromatic amines is 1. The van der Waals surface area contributed by atoms with E-state index in [1.807, 2.05) is 44.2 Å². The van der Waals surface area contributed by atoms with Crippen LogP contribution in [0.1, 0.15) is 30.8 Å². The normalized spacial score (nSPS) is 12.0. The van der Waals surface area contributed by atoms with Crippen molar-refractivity contribution >= 4 is 27.8 Å². The largest absolute Gasteiger partial charge is 0.480 e. The summed E-state index contributed by atoms with van der Waals surface area (Å²) in [6.45, 7) is 3.38. The summed E-state index contributed by atoms with van der Waals surface area (Å²) in [6, 6.07) is 9.25. The third-order valence-corrected chi connectivity index (χ3v) is 4.43. The molecule has 0 bridgehead atoms. The fourth-order valence-corrected chi connectivity index (χ4v) is 2.77. The number of carbonyl (C=O) groups excluding carboxylic acids is 1. The summed E-state index contributed by atoms with van der Waals surface area (Å²) in [6.07, 6.45) is 0.663. The van der Waals surface area contributed by atoms with Crippen LogP contribution in [0.4, 0.5) is 0 Å². The van der Waals surface area contributed by atoms with Crippen LogP contribution >= 0.6 is 15.9 Å². The highest BCUT2D eigenvalue weighted by atomic mass is 79.9. The molecule has 0 spiro atoms. The van der Waals surface area contributed by atoms with Crippen LogP contribution in [0.2, 0.25) is 0 Å². The van der Waals surface area contributed by atoms with Crippen LogP contribution in [-0.4, -0.2) is 44.7 Å². The summed E-state index contributed by atoms with van der Waals surface area (Å²) >= 11 is 3.41. The smallest absolute Gasteiger partial charge is 0.323 e. The number of carboxylic acid groups (broad SMARTS) is 1. The Morgan fingerprint density at radius 1 is 1.35 bits per heavy atom. The van der Waals surface area contributed by atoms with Crippen molar-refractivity contribution in [1.82, 2.24) is 15.1 Å². The van der Waals surface area contributed by atoms with E-state index < -0.39 is 5.97 Å². The monoisotopic (exact) mass is 379 g/mol. The quantitative estimate of drug-likeness (QED) is 0.806. The third kappa shape index (κ3) is 3.79. The molecule has 122 valence electrons. The van der Waals surface area contributed by atoms with Crippen molar-refractivity contribution in [2.24, 2.45) is 0 Å². The molecule has 0 saturated heterocycles. The van der Waals surface area contributed by atoms with Gasteiger partial charge in [-0.1, -0.05) is 37.3 Å². The zero-order chi connectivity index (χ0) is 17.0. The minimum Gasteiger partial charge on any atom is -0.480 e. The Morgan fingerprint density at radius 3 is 2.57 bits per heavy atom. The van der Waals surface area contributed by atoms with Gasteiger partial charge in [0.2, 0.25) is 0 Å². The summed E-state index contributed by atoms with van der Waals surface area (Å²) in [5.74, 6) is -1.43. The van der Waals surface area contributed by atoms with Crippen LogP contribution in [0.25, 0.3) is 11.3 Å². The Labute approximate surface area is 142 Å². The lowest BCUT2D eigenvalue weighted by atomic mass is 10.1. The van der Waals surface area contributed by atoms with Crippen LogP contribution in [0, 0.1) is 0 Å². The number of carboxylic acids is 1. The minimum absolute atomic E-state index is 0.186. The summed E-state index contributed by atoms with van der Waals surface area (Å²) in [5.41, 5.74) is 1.74. The number of aliphatic carboxylic acids is 1. The first-order valence-corrected chi connectivity index (χ1v) is 8.07. The van der Waals surface area contributed by atoms with Crippen LogP contribution in [0.15, 0.2) is 34.8 Å². The van der Waals surface area contributed by atoms with Gasteiger partial charge in [0.25, 0.3) is 5.91 Å². The fraction of sp³-hybridized carbons (Fsp3) is 0.312. The van der Waals surface area contributed by atoms with Gasteiger partial charge in [-0.05, 0) is 29.3 Å². The molecule has 7 heteroatoms. The molecule has 0 aliphatic heterocycles. The number of nitrogens with zero attached hydrogens (tertiary/aromatic N) is 2. The van der Waals surface area contributed by atoms with Gasteiger partial charge >= 0.3 is 5.97 Å². The first-order valence-electron chi connectivity index (χ1n) is 7.27. The molecule has 2 rings (SSSR count). The van der Waals surface area contributed by atoms with E-state index in [0.717, 1.165) is 5.56 Å². The SMILES string of the molecule is CCC(C)N(CC(=O)O)C(=O)c1[nH]nc(-c2ccccc2)c1Br. The number of aromatic nitrogens is 2. The molecule has 0 saturated carbocycles. The molecule has 1 heterocycles. The summed E-state index contributed by atoms with van der Waals surface area (Å²) in [5, 5.41) is 16.0. The molecule has 0 aliphatic carbocycles. The summed E-state index contributed by atoms with van der Waals surface area (Å²) in [4.78, 5) is 25.1. The van der Waals surface area contributed by atoms with E-state index >= 15 is 0 Å². The van der Waals surface area contributed by atoms with Gasteiger partial charge in [0.05, 0.1) is 4.47 Å². The number of hydrogen-bond acceptors (Lipinski definition) is 3. The highest BCUT2D eigenvalue weighted by Gasteiger charge is 2.27. The molecule has 2 aromatic rings. The van der Waals surface area contributed by atoms with E-state index in [4.69, 9.17) is 5.11 Å². The predicted molar refractivity (Wildman–Crippen MR) is 90.1 cm³/mol. The van der Waals surface area contributed by atoms with Crippen molar-refractivity contribution < 1.29 is 14.7 Å². The Morgan fingerprint density at radius 2 is 2.00 bits per heavy atom. The van der Waals surface area contributed by atoms with Gasteiger partial charge in [0.1, 0.15) is 17.9 Å². The highest BCUT2D eigenvalue weighted by Crippen LogP contribution is 2.29. The van der Waals surface area contributed by atoms with Gasteiger partial charge in [-0.25, -0.2) is 0 Å². The first-order chi connectivity index (χ1) is 11.0. The molecular weight excluding hydrogens is 362 g/mol. The second-order valence-electron chi connectivity index (χ2n) is 5.21. The van der Waals surface area contributed by atoms with E-state index in [1.165, 1.54) is 4.90 Å². The maximum Gasteiger partial charge on any atom is 0.323 e. The molecule has 6 nitrogen and oxygen atoms in total. The van der Waals surface area contributed by atoms with E-state index in [-0.39, 0.29) is 24.2 Å². The summed E-state index contributed by atoms with van der Waals surface area (Å²) in [7, 11) is 0. The minimum atomic E-state index is -1.04. The fourth-order valence-electron chi connectivity index (χ4n) is 2.19. The molecule has 23 heavy (non-hydrogen) atoms. The third-order valence-electron chi connectivity index (χ3n) is 3.66. The molecule has 1 aromatic carbocycles. The molecule has 1 atom stereocenters. The maximum absolute atomic E-state index is 12.7. The van der Waals surface area contributed by atoms with Crippen molar-refractivity contribution in [3.05, 3.63) is 40.5 Å². The number of rotatable bonds is 6. The van der Waals surface area contributed by atoms with E-state index in [0.29, 0.717) is 16.6 Å². The summed E-state index contributed by atoms with van der Waals surface area (Å²) < 4.78 is 0.535. The molecule has 0 fully saturated rings. The zero-order valence-corrected chi connectivity index (χ0v) is 14.5. The standard InChI is InChI=1S/C16H18BrN3O3/c1-3-10(2)20(9-12(21)22)16(23)15-13(17)14(18-19-15)11-7-5-4-6-8-11/h4-8,10H,3,9H2,1-2H3,(H,18,19)(H,21,22). The van der Waals surface area contributed by atoms with E-state index in [2.05, 4.69) is 26.1 Å². The van der Waals surface area contributed by atoms with E-state index in [1.54, 1.807) is 0 Å². The van der Waals surface area contributed by atoms with Crippen molar-refractivity contribution in [2.75, 3.05) is 6.54 Å². The molecule has 1 aromatic heterocycles. The average molecular weight is 380 g/mol. The van der Waals surface area contributed by atoms with Gasteiger partial charge in [-0.2, -0.15) is 5.10 Å². The Balaban J connectivity index is 2.35. The second-order valence-corrected chi connectivity index (χ2v) is 6.00. The van der Waals surface area contributed by atoms with E-state index in [9.17, 15) is 9.59 Å². The van der Waals surface area contributed by atoms with Crippen LogP contribution in [0.5, 0.6) is 0 Å². The van der Waals surface area contributed by atoms with Crippen molar-refractivity contribution in [1.29, 1.82) is 0 Å². The Hall–Kier alpha value is -2.15. The number of carbonyl (C=O) groups is 2. The molecule has 0 radical (unpaired) electrons. The van der Waals surface area contributed by atoms with Crippen molar-refractivity contribution in [2.45, 2.75) is 26.3 Å². The number of hydrogen-bond donors (Lipinski definition) is 2. The number of benzene rings is 1. The zero-order valence-electron chi connectivity index (χ0n) is 12.9. The first kappa shape index (κ1) is 17.2. The van der Waals surface area contributed by atoms with Crippen LogP contribution < -0.4 is 0 Å². The van der Waals surface area contributed by atoms with Crippen molar-refractivity contribution in [3.8, 4) is 11.3 Å². The second kappa shape index (κ2) is 7.41. The van der Waals surface area contributed by atoms with Gasteiger partial charge in [-0.15, -0.1) is 0 Å². The van der Waals surface area contributed by atoms with Gasteiger partial charge < -0.3 is 10.0 Å². The lowest BCUT2D eigenvalue weighted by molar-refractivity contribution is -0.138. The highest BCUT2D eigenvalue weighted by molar-refractivity contribution is 9.10. The predicted octanol–water partition coefficient (Wildman–Crippen LogP) is 3.16. The molecule has 2 N–H and O–H groups in total. The van der Waals surface area contributed by atoms with Crippen LogP contribution in [-0.2, 0) is 4.79 Å². The molecule has 1 unspecified atom stereocenters. The topological polar surface area (TPSA) is 86.3 Å². The van der Waals surface area contributed by atoms with Gasteiger partial charge in [0, 0.05) is 11.6 Å². The molecule has 0 aliphatic rings. The molecular formula is C16H18BrN3O3. The van der Waals surface area contributed by atoms with Gasteiger partial charge in [-0.3, -0.25) is 14.7 Å². The van der Waals surface area contributed by atoms with Crippen LogP contribution in [0.3, 0.4) is 0 Å². The maximum atomic E-state index is 12.7. The Kier molecular flexibility index (Phi) is 5.54. The van der Waals surface area contributed by atoms with Gasteiger partial charge in [0.15, 0.2) is 0 Å². The Bertz CT molecular complexity index is 700. The number of halogens is 1. The lowest BCUT2D eigenvalue weighted by Gasteiger charge is -2.26. The average Bonchev–Trinajstić information content (AvgIpc) is 2.93. The molecule has 1 amide bonds.